The third-order valence-corrected chi connectivity index (χ3v) is 4.57. The second kappa shape index (κ2) is 4.81. The van der Waals surface area contributed by atoms with Crippen molar-refractivity contribution in [1.82, 2.24) is 4.31 Å². The lowest BCUT2D eigenvalue weighted by atomic mass is 10.2. The summed E-state index contributed by atoms with van der Waals surface area (Å²) in [7, 11) is -1.21. The highest BCUT2D eigenvalue weighted by molar-refractivity contribution is 7.89. The number of aromatic carboxylic acids is 1. The van der Waals surface area contributed by atoms with E-state index >= 15 is 0 Å². The lowest BCUT2D eigenvalue weighted by Gasteiger charge is -2.14. The SMILES string of the molecule is CN(C)S(=O)(=O)c1cc(Cl)cc(C(=O)O)c1Cl. The van der Waals surface area contributed by atoms with Crippen molar-refractivity contribution in [3.05, 3.63) is 27.7 Å². The maximum atomic E-state index is 11.9. The van der Waals surface area contributed by atoms with Gasteiger partial charge in [0.15, 0.2) is 0 Å². The molecule has 17 heavy (non-hydrogen) atoms. The zero-order valence-corrected chi connectivity index (χ0v) is 11.3. The molecule has 0 fully saturated rings. The van der Waals surface area contributed by atoms with Gasteiger partial charge in [-0.2, -0.15) is 0 Å². The molecule has 0 atom stereocenters. The van der Waals surface area contributed by atoms with Crippen molar-refractivity contribution >= 4 is 39.2 Å². The summed E-state index contributed by atoms with van der Waals surface area (Å²) in [6.45, 7) is 0. The Bertz CT molecular complexity index is 569. The van der Waals surface area contributed by atoms with Gasteiger partial charge >= 0.3 is 5.97 Å². The summed E-state index contributed by atoms with van der Waals surface area (Å²) >= 11 is 11.4. The normalized spacial score (nSPS) is 11.8. The van der Waals surface area contributed by atoms with Crippen LogP contribution in [0.5, 0.6) is 0 Å². The molecule has 0 aliphatic heterocycles. The van der Waals surface area contributed by atoms with Gasteiger partial charge < -0.3 is 5.11 Å². The lowest BCUT2D eigenvalue weighted by molar-refractivity contribution is 0.0697. The number of nitrogens with zero attached hydrogens (tertiary/aromatic N) is 1. The third kappa shape index (κ3) is 2.71. The van der Waals surface area contributed by atoms with Gasteiger partial charge in [-0.15, -0.1) is 0 Å². The lowest BCUT2D eigenvalue weighted by Crippen LogP contribution is -2.23. The van der Waals surface area contributed by atoms with E-state index in [1.807, 2.05) is 0 Å². The van der Waals surface area contributed by atoms with E-state index in [0.29, 0.717) is 0 Å². The average molecular weight is 298 g/mol. The van der Waals surface area contributed by atoms with Gasteiger partial charge in [0, 0.05) is 19.1 Å². The first-order valence-corrected chi connectivity index (χ1v) is 6.52. The van der Waals surface area contributed by atoms with Crippen LogP contribution in [0.3, 0.4) is 0 Å². The van der Waals surface area contributed by atoms with Crippen LogP contribution in [0.4, 0.5) is 0 Å². The molecule has 1 aromatic carbocycles. The predicted octanol–water partition coefficient (Wildman–Crippen LogP) is 1.94. The molecule has 8 heteroatoms. The van der Waals surface area contributed by atoms with Crippen LogP contribution in [-0.4, -0.2) is 37.9 Å². The number of carboxylic acid groups (broad SMARTS) is 1. The van der Waals surface area contributed by atoms with E-state index in [1.54, 1.807) is 0 Å². The van der Waals surface area contributed by atoms with Gasteiger partial charge in [-0.1, -0.05) is 23.2 Å². The van der Waals surface area contributed by atoms with Crippen LogP contribution in [0.1, 0.15) is 10.4 Å². The summed E-state index contributed by atoms with van der Waals surface area (Å²) < 4.78 is 24.7. The fourth-order valence-electron chi connectivity index (χ4n) is 1.10. The van der Waals surface area contributed by atoms with Crippen molar-refractivity contribution in [2.75, 3.05) is 14.1 Å². The Labute approximate surface area is 109 Å². The van der Waals surface area contributed by atoms with Crippen LogP contribution in [0.15, 0.2) is 17.0 Å². The number of carboxylic acids is 1. The maximum Gasteiger partial charge on any atom is 0.337 e. The van der Waals surface area contributed by atoms with Crippen LogP contribution in [0.25, 0.3) is 0 Å². The molecule has 0 heterocycles. The average Bonchev–Trinajstić information content (AvgIpc) is 2.20. The molecular weight excluding hydrogens is 289 g/mol. The molecular formula is C9H9Cl2NO4S. The van der Waals surface area contributed by atoms with E-state index in [2.05, 4.69) is 0 Å². The van der Waals surface area contributed by atoms with Crippen LogP contribution in [0.2, 0.25) is 10.0 Å². The van der Waals surface area contributed by atoms with Gasteiger partial charge in [-0.25, -0.2) is 17.5 Å². The fraction of sp³-hybridized carbons (Fsp3) is 0.222. The largest absolute Gasteiger partial charge is 0.478 e. The van der Waals surface area contributed by atoms with Crippen LogP contribution < -0.4 is 0 Å². The maximum absolute atomic E-state index is 11.9. The molecule has 1 N–H and O–H groups in total. The number of halogens is 2. The summed E-state index contributed by atoms with van der Waals surface area (Å²) in [5.74, 6) is -1.34. The minimum Gasteiger partial charge on any atom is -0.478 e. The van der Waals surface area contributed by atoms with Crippen molar-refractivity contribution < 1.29 is 18.3 Å². The van der Waals surface area contributed by atoms with E-state index in [1.165, 1.54) is 14.1 Å². The fourth-order valence-corrected chi connectivity index (χ4v) is 2.88. The van der Waals surface area contributed by atoms with E-state index in [0.717, 1.165) is 16.4 Å². The van der Waals surface area contributed by atoms with Crippen molar-refractivity contribution in [3.8, 4) is 0 Å². The highest BCUT2D eigenvalue weighted by atomic mass is 35.5. The second-order valence-corrected chi connectivity index (χ2v) is 6.29. The van der Waals surface area contributed by atoms with Crippen LogP contribution in [0, 0.1) is 0 Å². The Morgan fingerprint density at radius 2 is 1.82 bits per heavy atom. The first kappa shape index (κ1) is 14.2. The van der Waals surface area contributed by atoms with Gasteiger partial charge in [0.2, 0.25) is 10.0 Å². The van der Waals surface area contributed by atoms with Crippen molar-refractivity contribution in [2.24, 2.45) is 0 Å². The Hall–Kier alpha value is -0.820. The molecule has 0 aliphatic rings. The molecule has 0 spiro atoms. The molecule has 0 bridgehead atoms. The second-order valence-electron chi connectivity index (χ2n) is 3.36. The molecule has 0 aromatic heterocycles. The molecule has 94 valence electrons. The Kier molecular flexibility index (Phi) is 4.03. The van der Waals surface area contributed by atoms with E-state index in [4.69, 9.17) is 28.3 Å². The number of carbonyl (C=O) groups is 1. The highest BCUT2D eigenvalue weighted by Crippen LogP contribution is 2.30. The first-order chi connectivity index (χ1) is 7.67. The molecule has 0 unspecified atom stereocenters. The zero-order chi connectivity index (χ0) is 13.4. The number of hydrogen-bond acceptors (Lipinski definition) is 3. The summed E-state index contributed by atoms with van der Waals surface area (Å²) in [5.41, 5.74) is -0.348. The summed E-state index contributed by atoms with van der Waals surface area (Å²) in [6.07, 6.45) is 0. The van der Waals surface area contributed by atoms with E-state index in [9.17, 15) is 13.2 Å². The molecule has 5 nitrogen and oxygen atoms in total. The summed E-state index contributed by atoms with van der Waals surface area (Å²) in [5, 5.41) is 8.51. The minimum atomic E-state index is -3.83. The predicted molar refractivity (Wildman–Crippen MR) is 64.3 cm³/mol. The Morgan fingerprint density at radius 3 is 2.24 bits per heavy atom. The quantitative estimate of drug-likeness (QED) is 0.925. The van der Waals surface area contributed by atoms with E-state index < -0.39 is 16.0 Å². The molecule has 0 saturated heterocycles. The monoisotopic (exact) mass is 297 g/mol. The summed E-state index contributed by atoms with van der Waals surface area (Å²) in [6, 6.07) is 2.21. The van der Waals surface area contributed by atoms with Gasteiger partial charge in [0.25, 0.3) is 0 Å². The smallest absolute Gasteiger partial charge is 0.337 e. The number of benzene rings is 1. The molecule has 0 aliphatic carbocycles. The first-order valence-electron chi connectivity index (χ1n) is 4.32. The van der Waals surface area contributed by atoms with E-state index in [-0.39, 0.29) is 20.5 Å². The Morgan fingerprint density at radius 1 is 1.29 bits per heavy atom. The molecule has 0 saturated carbocycles. The molecule has 1 aromatic rings. The Balaban J connectivity index is 3.62. The van der Waals surface area contributed by atoms with Gasteiger partial charge in [-0.3, -0.25) is 0 Å². The topological polar surface area (TPSA) is 74.7 Å². The molecule has 0 radical (unpaired) electrons. The summed E-state index contributed by atoms with van der Waals surface area (Å²) in [4.78, 5) is 10.5. The van der Waals surface area contributed by atoms with Gasteiger partial charge in [-0.05, 0) is 12.1 Å². The van der Waals surface area contributed by atoms with Crippen LogP contribution in [-0.2, 0) is 10.0 Å². The van der Waals surface area contributed by atoms with Gasteiger partial charge in [0.05, 0.1) is 10.6 Å². The van der Waals surface area contributed by atoms with Crippen molar-refractivity contribution in [1.29, 1.82) is 0 Å². The highest BCUT2D eigenvalue weighted by Gasteiger charge is 2.25. The number of hydrogen-bond donors (Lipinski definition) is 1. The standard InChI is InChI=1S/C9H9Cl2NO4S/c1-12(2)17(15,16)7-4-5(10)3-6(8(7)11)9(13)14/h3-4H,1-2H3,(H,13,14). The van der Waals surface area contributed by atoms with Crippen molar-refractivity contribution in [3.63, 3.8) is 0 Å². The number of rotatable bonds is 3. The molecule has 1 rings (SSSR count). The van der Waals surface area contributed by atoms with Crippen LogP contribution >= 0.6 is 23.2 Å². The number of sulfonamides is 1. The van der Waals surface area contributed by atoms with Crippen molar-refractivity contribution in [2.45, 2.75) is 4.90 Å². The minimum absolute atomic E-state index is 0.00720. The van der Waals surface area contributed by atoms with Gasteiger partial charge in [0.1, 0.15) is 4.90 Å². The third-order valence-electron chi connectivity index (χ3n) is 1.99. The molecule has 0 amide bonds. The zero-order valence-electron chi connectivity index (χ0n) is 8.94.